The maximum Gasteiger partial charge on any atom is 0.338 e. The largest absolute Gasteiger partial charge is 0.478 e. The van der Waals surface area contributed by atoms with Crippen LogP contribution in [-0.2, 0) is 0 Å². The van der Waals surface area contributed by atoms with E-state index in [0.29, 0.717) is 0 Å². The molecule has 0 amide bonds. The van der Waals surface area contributed by atoms with E-state index in [-0.39, 0.29) is 22.0 Å². The zero-order valence-corrected chi connectivity index (χ0v) is 9.82. The van der Waals surface area contributed by atoms with Crippen LogP contribution in [0.25, 0.3) is 10.8 Å². The summed E-state index contributed by atoms with van der Waals surface area (Å²) in [6, 6.07) is 3.94. The molecule has 0 fully saturated rings. The second kappa shape index (κ2) is 4.14. The number of aromatic carboxylic acids is 1. The molecule has 0 spiro atoms. The van der Waals surface area contributed by atoms with Crippen molar-refractivity contribution in [1.82, 2.24) is 4.68 Å². The molecule has 1 aromatic heterocycles. The van der Waals surface area contributed by atoms with Crippen LogP contribution in [0.2, 0.25) is 0 Å². The molecule has 2 N–H and O–H groups in total. The first-order chi connectivity index (χ1) is 8.49. The van der Waals surface area contributed by atoms with Gasteiger partial charge < -0.3 is 10.5 Å². The Morgan fingerprint density at radius 3 is 2.67 bits per heavy atom. The lowest BCUT2D eigenvalue weighted by Gasteiger charge is -2.14. The number of carboxylic acids is 1. The molecule has 94 valence electrons. The summed E-state index contributed by atoms with van der Waals surface area (Å²) in [4.78, 5) is 23.3. The monoisotopic (exact) mass is 250 g/mol. The quantitative estimate of drug-likeness (QED) is 0.843. The van der Waals surface area contributed by atoms with Crippen LogP contribution in [0.5, 0.6) is 0 Å². The van der Waals surface area contributed by atoms with E-state index in [4.69, 9.17) is 0 Å². The maximum atomic E-state index is 13.7. The zero-order chi connectivity index (χ0) is 13.4. The summed E-state index contributed by atoms with van der Waals surface area (Å²) in [5, 5.41) is 9.08. The molecule has 0 bridgehead atoms. The molecule has 0 aliphatic carbocycles. The second-order valence-corrected chi connectivity index (χ2v) is 3.79. The van der Waals surface area contributed by atoms with Crippen LogP contribution in [0.4, 0.5) is 4.39 Å². The molecule has 0 aliphatic rings. The summed E-state index contributed by atoms with van der Waals surface area (Å²) in [5.74, 6) is -1.93. The summed E-state index contributed by atoms with van der Waals surface area (Å²) >= 11 is 0. The van der Waals surface area contributed by atoms with E-state index in [1.807, 2.05) is 0 Å². The molecule has 1 heterocycles. The van der Waals surface area contributed by atoms with Crippen molar-refractivity contribution in [3.8, 4) is 0 Å². The highest BCUT2D eigenvalue weighted by atomic mass is 19.1. The number of aromatic nitrogens is 1. The average Bonchev–Trinajstić information content (AvgIpc) is 2.28. The number of nitrogens with zero attached hydrogens (tertiary/aromatic N) is 1. The van der Waals surface area contributed by atoms with E-state index in [0.717, 1.165) is 10.7 Å². The Balaban J connectivity index is 3.13. The van der Waals surface area contributed by atoms with Gasteiger partial charge in [0.25, 0.3) is 5.56 Å². The van der Waals surface area contributed by atoms with E-state index < -0.39 is 17.3 Å². The Kier molecular flexibility index (Phi) is 2.78. The molecule has 0 unspecified atom stereocenters. The molecule has 2 aromatic rings. The van der Waals surface area contributed by atoms with Gasteiger partial charge in [-0.15, -0.1) is 0 Å². The zero-order valence-electron chi connectivity index (χ0n) is 9.82. The van der Waals surface area contributed by atoms with E-state index in [9.17, 15) is 19.1 Å². The number of pyridine rings is 1. The minimum Gasteiger partial charge on any atom is -0.478 e. The van der Waals surface area contributed by atoms with Crippen LogP contribution in [-0.4, -0.2) is 22.8 Å². The number of benzene rings is 1. The number of halogens is 1. The van der Waals surface area contributed by atoms with Crippen molar-refractivity contribution in [2.24, 2.45) is 0 Å². The van der Waals surface area contributed by atoms with Crippen molar-refractivity contribution in [3.05, 3.63) is 45.6 Å². The van der Waals surface area contributed by atoms with Crippen LogP contribution < -0.4 is 11.0 Å². The first-order valence-electron chi connectivity index (χ1n) is 5.24. The van der Waals surface area contributed by atoms with Crippen molar-refractivity contribution in [2.45, 2.75) is 6.92 Å². The van der Waals surface area contributed by atoms with Crippen LogP contribution in [0.3, 0.4) is 0 Å². The molecule has 2 rings (SSSR count). The van der Waals surface area contributed by atoms with Crippen LogP contribution >= 0.6 is 0 Å². The van der Waals surface area contributed by atoms with Crippen molar-refractivity contribution < 1.29 is 14.3 Å². The van der Waals surface area contributed by atoms with Crippen LogP contribution in [0, 0.1) is 12.7 Å². The molecular weight excluding hydrogens is 239 g/mol. The molecule has 0 saturated carbocycles. The van der Waals surface area contributed by atoms with Gasteiger partial charge in [0.15, 0.2) is 0 Å². The summed E-state index contributed by atoms with van der Waals surface area (Å²) < 4.78 is 14.7. The number of hydrogen-bond donors (Lipinski definition) is 2. The topological polar surface area (TPSA) is 71.3 Å². The van der Waals surface area contributed by atoms with Gasteiger partial charge >= 0.3 is 5.97 Å². The third-order valence-electron chi connectivity index (χ3n) is 2.83. The molecule has 0 radical (unpaired) electrons. The van der Waals surface area contributed by atoms with E-state index in [1.165, 1.54) is 26.1 Å². The Morgan fingerprint density at radius 2 is 2.11 bits per heavy atom. The number of fused-ring (bicyclic) bond motifs is 1. The van der Waals surface area contributed by atoms with Crippen LogP contribution in [0.1, 0.15) is 16.1 Å². The van der Waals surface area contributed by atoms with Crippen molar-refractivity contribution in [3.63, 3.8) is 0 Å². The van der Waals surface area contributed by atoms with Gasteiger partial charge in [0.05, 0.1) is 16.6 Å². The van der Waals surface area contributed by atoms with Gasteiger partial charge in [-0.05, 0) is 13.0 Å². The fourth-order valence-corrected chi connectivity index (χ4v) is 2.06. The van der Waals surface area contributed by atoms with Crippen molar-refractivity contribution in [2.75, 3.05) is 12.5 Å². The van der Waals surface area contributed by atoms with Gasteiger partial charge in [-0.25, -0.2) is 13.9 Å². The highest BCUT2D eigenvalue weighted by molar-refractivity contribution is 6.04. The van der Waals surface area contributed by atoms with Crippen molar-refractivity contribution >= 4 is 16.7 Å². The molecule has 1 aromatic carbocycles. The molecule has 0 saturated heterocycles. The molecule has 5 nitrogen and oxygen atoms in total. The molecule has 0 aliphatic heterocycles. The molecule has 18 heavy (non-hydrogen) atoms. The Hall–Kier alpha value is -2.37. The summed E-state index contributed by atoms with van der Waals surface area (Å²) in [7, 11) is 1.46. The minimum atomic E-state index is -1.20. The van der Waals surface area contributed by atoms with Gasteiger partial charge in [-0.1, -0.05) is 12.1 Å². The number of hydrogen-bond acceptors (Lipinski definition) is 3. The minimum absolute atomic E-state index is 0.0848. The third kappa shape index (κ3) is 1.54. The summed E-state index contributed by atoms with van der Waals surface area (Å²) in [6.07, 6.45) is 0. The van der Waals surface area contributed by atoms with Gasteiger partial charge in [0.2, 0.25) is 0 Å². The van der Waals surface area contributed by atoms with Gasteiger partial charge in [0, 0.05) is 12.4 Å². The van der Waals surface area contributed by atoms with Gasteiger partial charge in [0.1, 0.15) is 5.82 Å². The Bertz CT molecular complexity index is 707. The highest BCUT2D eigenvalue weighted by Crippen LogP contribution is 2.21. The number of carboxylic acid groups (broad SMARTS) is 1. The third-order valence-corrected chi connectivity index (χ3v) is 2.83. The average molecular weight is 250 g/mol. The predicted molar refractivity (Wildman–Crippen MR) is 65.1 cm³/mol. The smallest absolute Gasteiger partial charge is 0.338 e. The number of nitrogens with one attached hydrogen (secondary N) is 1. The normalized spacial score (nSPS) is 10.6. The van der Waals surface area contributed by atoms with Gasteiger partial charge in [-0.2, -0.15) is 0 Å². The predicted octanol–water partition coefficient (Wildman–Crippen LogP) is 1.32. The number of rotatable bonds is 2. The molecule has 0 atom stereocenters. The maximum absolute atomic E-state index is 13.7. The van der Waals surface area contributed by atoms with Crippen LogP contribution in [0.15, 0.2) is 23.0 Å². The van der Waals surface area contributed by atoms with Gasteiger partial charge in [-0.3, -0.25) is 4.79 Å². The highest BCUT2D eigenvalue weighted by Gasteiger charge is 2.20. The van der Waals surface area contributed by atoms with E-state index in [2.05, 4.69) is 5.43 Å². The summed E-state index contributed by atoms with van der Waals surface area (Å²) in [5.41, 5.74) is 2.09. The Morgan fingerprint density at radius 1 is 1.44 bits per heavy atom. The molecular formula is C12H11FN2O3. The lowest BCUT2D eigenvalue weighted by atomic mass is 10.0. The fourth-order valence-electron chi connectivity index (χ4n) is 2.06. The summed E-state index contributed by atoms with van der Waals surface area (Å²) in [6.45, 7) is 1.49. The number of carbonyl (C=O) groups is 1. The second-order valence-electron chi connectivity index (χ2n) is 3.79. The first-order valence-corrected chi connectivity index (χ1v) is 5.24. The molecule has 6 heteroatoms. The first kappa shape index (κ1) is 12.1. The lowest BCUT2D eigenvalue weighted by molar-refractivity contribution is 0.0697. The lowest BCUT2D eigenvalue weighted by Crippen LogP contribution is -2.31. The fraction of sp³-hybridized carbons (Fsp3) is 0.167. The van der Waals surface area contributed by atoms with Crippen molar-refractivity contribution in [1.29, 1.82) is 0 Å². The Labute approximate surface area is 101 Å². The van der Waals surface area contributed by atoms with E-state index >= 15 is 0 Å². The standard InChI is InChI=1S/C12H11FN2O3/c1-6-9(12(17)18)7-4-3-5-8(13)10(7)11(16)15(6)14-2/h3-5,14H,1-2H3,(H,17,18). The van der Waals surface area contributed by atoms with E-state index in [1.54, 1.807) is 0 Å². The SMILES string of the molecule is CNn1c(C)c(C(=O)O)c2cccc(F)c2c1=O.